The fourth-order valence-corrected chi connectivity index (χ4v) is 2.40. The molecule has 2 unspecified atom stereocenters. The van der Waals surface area contributed by atoms with Crippen LogP contribution >= 0.6 is 0 Å². The summed E-state index contributed by atoms with van der Waals surface area (Å²) in [7, 11) is 0. The van der Waals surface area contributed by atoms with Gasteiger partial charge in [-0.2, -0.15) is 0 Å². The Balaban J connectivity index is 1.96. The van der Waals surface area contributed by atoms with Gasteiger partial charge in [0.2, 0.25) is 0 Å². The van der Waals surface area contributed by atoms with Crippen molar-refractivity contribution in [2.45, 2.75) is 44.1 Å². The van der Waals surface area contributed by atoms with Crippen LogP contribution in [-0.4, -0.2) is 24.4 Å². The van der Waals surface area contributed by atoms with Crippen LogP contribution < -0.4 is 15.8 Å². The van der Waals surface area contributed by atoms with Gasteiger partial charge in [0, 0.05) is 17.6 Å². The predicted molar refractivity (Wildman–Crippen MR) is 70.8 cm³/mol. The molecule has 0 bridgehead atoms. The van der Waals surface area contributed by atoms with Crippen LogP contribution in [0.25, 0.3) is 0 Å². The van der Waals surface area contributed by atoms with Gasteiger partial charge in [0.05, 0.1) is 0 Å². The molecule has 7 heteroatoms. The molecule has 4 nitrogen and oxygen atoms in total. The number of halogens is 3. The molecule has 3 N–H and O–H groups in total. The molecule has 2 rings (SSSR count). The van der Waals surface area contributed by atoms with Gasteiger partial charge in [-0.05, 0) is 37.1 Å². The van der Waals surface area contributed by atoms with Crippen LogP contribution in [0.4, 0.5) is 13.2 Å². The van der Waals surface area contributed by atoms with Gasteiger partial charge in [-0.3, -0.25) is 4.79 Å². The second kappa shape index (κ2) is 6.34. The first-order chi connectivity index (χ1) is 9.85. The number of benzene rings is 1. The van der Waals surface area contributed by atoms with Crippen molar-refractivity contribution >= 4 is 5.91 Å². The highest BCUT2D eigenvalue weighted by atomic mass is 19.4. The molecule has 21 heavy (non-hydrogen) atoms. The summed E-state index contributed by atoms with van der Waals surface area (Å²) in [5.41, 5.74) is 6.22. The monoisotopic (exact) mass is 302 g/mol. The van der Waals surface area contributed by atoms with Crippen LogP contribution in [0.1, 0.15) is 36.0 Å². The molecule has 0 radical (unpaired) electrons. The number of carbonyl (C=O) groups is 1. The summed E-state index contributed by atoms with van der Waals surface area (Å²) in [6.45, 7) is 0. The van der Waals surface area contributed by atoms with Crippen molar-refractivity contribution in [2.75, 3.05) is 0 Å². The molecule has 0 aromatic heterocycles. The van der Waals surface area contributed by atoms with Gasteiger partial charge in [-0.1, -0.05) is 12.8 Å². The van der Waals surface area contributed by atoms with Crippen LogP contribution in [0.3, 0.4) is 0 Å². The maximum Gasteiger partial charge on any atom is 0.573 e. The van der Waals surface area contributed by atoms with E-state index in [9.17, 15) is 18.0 Å². The number of rotatable bonds is 3. The minimum absolute atomic E-state index is 0.0736. The average molecular weight is 302 g/mol. The molecule has 1 fully saturated rings. The van der Waals surface area contributed by atoms with Gasteiger partial charge >= 0.3 is 6.36 Å². The van der Waals surface area contributed by atoms with E-state index < -0.39 is 6.36 Å². The summed E-state index contributed by atoms with van der Waals surface area (Å²) in [5.74, 6) is -0.690. The molecule has 1 aliphatic rings. The lowest BCUT2D eigenvalue weighted by Crippen LogP contribution is -2.49. The van der Waals surface area contributed by atoms with Crippen LogP contribution in [0, 0.1) is 0 Å². The zero-order valence-electron chi connectivity index (χ0n) is 11.3. The Labute approximate surface area is 120 Å². The number of hydrogen-bond donors (Lipinski definition) is 2. The third-order valence-corrected chi connectivity index (χ3v) is 3.49. The third-order valence-electron chi connectivity index (χ3n) is 3.49. The summed E-state index contributed by atoms with van der Waals surface area (Å²) in [4.78, 5) is 12.0. The van der Waals surface area contributed by atoms with E-state index in [2.05, 4.69) is 10.1 Å². The summed E-state index contributed by atoms with van der Waals surface area (Å²) in [6.07, 6.45) is -0.988. The summed E-state index contributed by atoms with van der Waals surface area (Å²) < 4.78 is 39.9. The van der Waals surface area contributed by atoms with Crippen molar-refractivity contribution in [1.82, 2.24) is 5.32 Å². The molecule has 2 atom stereocenters. The van der Waals surface area contributed by atoms with E-state index in [1.807, 2.05) is 0 Å². The van der Waals surface area contributed by atoms with Gasteiger partial charge in [-0.15, -0.1) is 13.2 Å². The predicted octanol–water partition coefficient (Wildman–Crippen LogP) is 2.58. The quantitative estimate of drug-likeness (QED) is 0.902. The van der Waals surface area contributed by atoms with Crippen molar-refractivity contribution in [1.29, 1.82) is 0 Å². The first-order valence-corrected chi connectivity index (χ1v) is 6.77. The Bertz CT molecular complexity index is 488. The van der Waals surface area contributed by atoms with Crippen molar-refractivity contribution in [3.05, 3.63) is 29.8 Å². The van der Waals surface area contributed by atoms with Gasteiger partial charge in [0.25, 0.3) is 5.91 Å². The molecule has 0 spiro atoms. The Morgan fingerprint density at radius 2 is 1.81 bits per heavy atom. The van der Waals surface area contributed by atoms with Crippen molar-refractivity contribution in [2.24, 2.45) is 5.73 Å². The minimum atomic E-state index is -4.74. The lowest BCUT2D eigenvalue weighted by Gasteiger charge is -2.29. The minimum Gasteiger partial charge on any atom is -0.406 e. The van der Waals surface area contributed by atoms with Crippen LogP contribution in [0.5, 0.6) is 5.75 Å². The second-order valence-electron chi connectivity index (χ2n) is 5.10. The Morgan fingerprint density at radius 1 is 1.19 bits per heavy atom. The third kappa shape index (κ3) is 4.63. The largest absolute Gasteiger partial charge is 0.573 e. The first kappa shape index (κ1) is 15.6. The van der Waals surface area contributed by atoms with E-state index in [0.29, 0.717) is 0 Å². The highest BCUT2D eigenvalue weighted by Gasteiger charge is 2.31. The summed E-state index contributed by atoms with van der Waals surface area (Å²) in [6, 6.07) is 4.66. The van der Waals surface area contributed by atoms with E-state index in [-0.39, 0.29) is 29.3 Å². The summed E-state index contributed by atoms with van der Waals surface area (Å²) >= 11 is 0. The molecular formula is C14H17F3N2O2. The number of hydrogen-bond acceptors (Lipinski definition) is 3. The highest BCUT2D eigenvalue weighted by molar-refractivity contribution is 5.94. The van der Waals surface area contributed by atoms with Crippen LogP contribution in [-0.2, 0) is 0 Å². The maximum atomic E-state index is 12.0. The number of nitrogens with one attached hydrogen (secondary N) is 1. The molecule has 1 aromatic rings. The van der Waals surface area contributed by atoms with Gasteiger partial charge in [0.15, 0.2) is 0 Å². The number of nitrogens with two attached hydrogens (primary N) is 1. The topological polar surface area (TPSA) is 64.3 Å². The van der Waals surface area contributed by atoms with Crippen LogP contribution in [0.2, 0.25) is 0 Å². The lowest BCUT2D eigenvalue weighted by atomic mass is 9.91. The molecular weight excluding hydrogens is 285 g/mol. The molecule has 116 valence electrons. The zero-order chi connectivity index (χ0) is 15.5. The second-order valence-corrected chi connectivity index (χ2v) is 5.10. The van der Waals surface area contributed by atoms with E-state index >= 15 is 0 Å². The fourth-order valence-electron chi connectivity index (χ4n) is 2.40. The molecule has 0 saturated heterocycles. The molecule has 0 aliphatic heterocycles. The molecule has 0 heterocycles. The first-order valence-electron chi connectivity index (χ1n) is 6.77. The van der Waals surface area contributed by atoms with Gasteiger partial charge in [0.1, 0.15) is 5.75 Å². The summed E-state index contributed by atoms with van der Waals surface area (Å²) in [5, 5.41) is 2.83. The average Bonchev–Trinajstić information content (AvgIpc) is 2.40. The molecule has 1 amide bonds. The number of amides is 1. The van der Waals surface area contributed by atoms with E-state index in [1.165, 1.54) is 12.1 Å². The number of alkyl halides is 3. The molecule has 1 aliphatic carbocycles. The Morgan fingerprint density at radius 3 is 2.38 bits per heavy atom. The Hall–Kier alpha value is -1.76. The molecule has 1 saturated carbocycles. The normalized spacial score (nSPS) is 22.7. The van der Waals surface area contributed by atoms with E-state index in [0.717, 1.165) is 37.8 Å². The van der Waals surface area contributed by atoms with Gasteiger partial charge in [-0.25, -0.2) is 0 Å². The van der Waals surface area contributed by atoms with E-state index in [1.54, 1.807) is 0 Å². The van der Waals surface area contributed by atoms with Crippen molar-refractivity contribution < 1.29 is 22.7 Å². The molecule has 1 aromatic carbocycles. The Kier molecular flexibility index (Phi) is 4.72. The standard InChI is InChI=1S/C14H17F3N2O2/c15-14(16,17)21-10-7-5-9(6-8-10)13(20)19-12-4-2-1-3-11(12)18/h5-8,11-12H,1-4,18H2,(H,19,20). The van der Waals surface area contributed by atoms with Crippen LogP contribution in [0.15, 0.2) is 24.3 Å². The van der Waals surface area contributed by atoms with Crippen molar-refractivity contribution in [3.63, 3.8) is 0 Å². The van der Waals surface area contributed by atoms with Gasteiger partial charge < -0.3 is 15.8 Å². The maximum absolute atomic E-state index is 12.0. The lowest BCUT2D eigenvalue weighted by molar-refractivity contribution is -0.274. The smallest absolute Gasteiger partial charge is 0.406 e. The van der Waals surface area contributed by atoms with E-state index in [4.69, 9.17) is 5.73 Å². The highest BCUT2D eigenvalue weighted by Crippen LogP contribution is 2.23. The SMILES string of the molecule is NC1CCCCC1NC(=O)c1ccc(OC(F)(F)F)cc1. The van der Waals surface area contributed by atoms with Crippen molar-refractivity contribution in [3.8, 4) is 5.75 Å². The number of carbonyl (C=O) groups excluding carboxylic acids is 1. The number of ether oxygens (including phenoxy) is 1. The fraction of sp³-hybridized carbons (Fsp3) is 0.500. The zero-order valence-corrected chi connectivity index (χ0v) is 11.3.